The molecular formula is C30H20N2. The zero-order valence-electron chi connectivity index (χ0n) is 17.4. The van der Waals surface area contributed by atoms with Gasteiger partial charge >= 0.3 is 0 Å². The molecule has 0 bridgehead atoms. The molecule has 0 fully saturated rings. The SMILES string of the molecule is c1ccc(C2(c3cccnc3)c3ccccc3-c3c2ccc2c3[nH]c3ccccc32)cc1. The molecule has 0 spiro atoms. The maximum Gasteiger partial charge on any atom is 0.0729 e. The van der Waals surface area contributed by atoms with Crippen LogP contribution in [0.3, 0.4) is 0 Å². The number of fused-ring (bicyclic) bond motifs is 7. The number of benzene rings is 4. The van der Waals surface area contributed by atoms with Gasteiger partial charge in [0.2, 0.25) is 0 Å². The van der Waals surface area contributed by atoms with Gasteiger partial charge in [0.1, 0.15) is 0 Å². The van der Waals surface area contributed by atoms with Crippen LogP contribution in [0.2, 0.25) is 0 Å². The second-order valence-corrected chi connectivity index (χ2v) is 8.48. The van der Waals surface area contributed by atoms with Crippen molar-refractivity contribution in [3.63, 3.8) is 0 Å². The Labute approximate surface area is 186 Å². The standard InChI is InChI=1S/C30H20N2/c1-2-9-20(10-3-1)30(21-11-8-18-31-19-21)25-14-6-4-13-24(25)28-26(30)17-16-23-22-12-5-7-15-27(22)32-29(23)28/h1-19,32H. The van der Waals surface area contributed by atoms with Gasteiger partial charge in [0.25, 0.3) is 0 Å². The molecule has 1 atom stereocenters. The summed E-state index contributed by atoms with van der Waals surface area (Å²) in [5, 5.41) is 2.53. The highest BCUT2D eigenvalue weighted by Gasteiger charge is 2.47. The van der Waals surface area contributed by atoms with Gasteiger partial charge in [0.05, 0.1) is 10.9 Å². The zero-order chi connectivity index (χ0) is 21.1. The van der Waals surface area contributed by atoms with Gasteiger partial charge in [-0.3, -0.25) is 4.98 Å². The van der Waals surface area contributed by atoms with Crippen LogP contribution in [-0.4, -0.2) is 9.97 Å². The molecule has 0 amide bonds. The van der Waals surface area contributed by atoms with Gasteiger partial charge in [-0.15, -0.1) is 0 Å². The zero-order valence-corrected chi connectivity index (χ0v) is 17.4. The fourth-order valence-electron chi connectivity index (χ4n) is 5.75. The monoisotopic (exact) mass is 408 g/mol. The lowest BCUT2D eigenvalue weighted by atomic mass is 9.68. The van der Waals surface area contributed by atoms with Crippen LogP contribution in [0.15, 0.2) is 116 Å². The summed E-state index contributed by atoms with van der Waals surface area (Å²) in [5.74, 6) is 0. The molecule has 0 radical (unpaired) electrons. The number of hydrogen-bond acceptors (Lipinski definition) is 1. The van der Waals surface area contributed by atoms with Crippen LogP contribution in [0.4, 0.5) is 0 Å². The average Bonchev–Trinajstić information content (AvgIpc) is 3.39. The average molecular weight is 409 g/mol. The minimum atomic E-state index is -0.410. The number of pyridine rings is 1. The molecule has 7 rings (SSSR count). The number of H-pyrrole nitrogens is 1. The van der Waals surface area contributed by atoms with Crippen LogP contribution < -0.4 is 0 Å². The van der Waals surface area contributed by atoms with E-state index in [1.54, 1.807) is 0 Å². The molecule has 4 aromatic carbocycles. The van der Waals surface area contributed by atoms with Crippen molar-refractivity contribution in [1.29, 1.82) is 0 Å². The molecule has 6 aromatic rings. The normalized spacial score (nSPS) is 16.9. The number of rotatable bonds is 2. The molecule has 0 saturated heterocycles. The molecule has 32 heavy (non-hydrogen) atoms. The van der Waals surface area contributed by atoms with Crippen LogP contribution in [-0.2, 0) is 5.41 Å². The minimum Gasteiger partial charge on any atom is -0.354 e. The van der Waals surface area contributed by atoms with E-state index >= 15 is 0 Å². The van der Waals surface area contributed by atoms with Gasteiger partial charge in [-0.05, 0) is 39.9 Å². The van der Waals surface area contributed by atoms with E-state index in [1.165, 1.54) is 55.2 Å². The lowest BCUT2D eigenvalue weighted by molar-refractivity contribution is 0.763. The minimum absolute atomic E-state index is 0.410. The van der Waals surface area contributed by atoms with E-state index in [0.717, 1.165) is 0 Å². The second-order valence-electron chi connectivity index (χ2n) is 8.48. The number of hydrogen-bond donors (Lipinski definition) is 1. The van der Waals surface area contributed by atoms with Crippen LogP contribution >= 0.6 is 0 Å². The lowest BCUT2D eigenvalue weighted by Gasteiger charge is -2.33. The smallest absolute Gasteiger partial charge is 0.0729 e. The van der Waals surface area contributed by atoms with Gasteiger partial charge in [0.15, 0.2) is 0 Å². The maximum absolute atomic E-state index is 4.53. The summed E-state index contributed by atoms with van der Waals surface area (Å²) in [4.78, 5) is 8.28. The summed E-state index contributed by atoms with van der Waals surface area (Å²) in [6.07, 6.45) is 3.87. The largest absolute Gasteiger partial charge is 0.354 e. The van der Waals surface area contributed by atoms with Crippen molar-refractivity contribution in [3.8, 4) is 11.1 Å². The van der Waals surface area contributed by atoms with Crippen molar-refractivity contribution in [2.75, 3.05) is 0 Å². The predicted molar refractivity (Wildman–Crippen MR) is 131 cm³/mol. The topological polar surface area (TPSA) is 28.7 Å². The molecule has 1 unspecified atom stereocenters. The van der Waals surface area contributed by atoms with Gasteiger partial charge in [-0.1, -0.05) is 91.0 Å². The van der Waals surface area contributed by atoms with Crippen LogP contribution in [0.25, 0.3) is 32.9 Å². The van der Waals surface area contributed by atoms with E-state index < -0.39 is 5.41 Å². The number of aromatic nitrogens is 2. The molecule has 1 aliphatic rings. The molecule has 0 aliphatic heterocycles. The summed E-state index contributed by atoms with van der Waals surface area (Å²) in [7, 11) is 0. The van der Waals surface area contributed by atoms with Crippen molar-refractivity contribution in [1.82, 2.24) is 9.97 Å². The van der Waals surface area contributed by atoms with E-state index in [9.17, 15) is 0 Å². The summed E-state index contributed by atoms with van der Waals surface area (Å²) in [5.41, 5.74) is 9.60. The van der Waals surface area contributed by atoms with Gasteiger partial charge in [-0.25, -0.2) is 0 Å². The first kappa shape index (κ1) is 17.5. The van der Waals surface area contributed by atoms with Gasteiger partial charge < -0.3 is 4.98 Å². The van der Waals surface area contributed by atoms with E-state index in [-0.39, 0.29) is 0 Å². The van der Waals surface area contributed by atoms with Crippen molar-refractivity contribution in [3.05, 3.63) is 138 Å². The molecule has 1 N–H and O–H groups in total. The third kappa shape index (κ3) is 2.11. The van der Waals surface area contributed by atoms with Crippen molar-refractivity contribution in [2.24, 2.45) is 0 Å². The Kier molecular flexibility index (Phi) is 3.51. The van der Waals surface area contributed by atoms with Gasteiger partial charge in [-0.2, -0.15) is 0 Å². The third-order valence-corrected chi connectivity index (χ3v) is 6.99. The van der Waals surface area contributed by atoms with E-state index in [4.69, 9.17) is 0 Å². The van der Waals surface area contributed by atoms with E-state index in [1.807, 2.05) is 18.5 Å². The number of nitrogens with one attached hydrogen (secondary N) is 1. The molecule has 2 heterocycles. The summed E-state index contributed by atoms with van der Waals surface area (Å²) in [6, 6.07) is 37.1. The molecule has 1 aliphatic carbocycles. The summed E-state index contributed by atoms with van der Waals surface area (Å²) < 4.78 is 0. The van der Waals surface area contributed by atoms with Crippen LogP contribution in [0, 0.1) is 0 Å². The summed E-state index contributed by atoms with van der Waals surface area (Å²) >= 11 is 0. The second kappa shape index (κ2) is 6.41. The Hall–Kier alpha value is -4.17. The van der Waals surface area contributed by atoms with Crippen molar-refractivity contribution >= 4 is 21.8 Å². The Bertz CT molecular complexity index is 1570. The fraction of sp³-hybridized carbons (Fsp3) is 0.0333. The molecule has 2 nitrogen and oxygen atoms in total. The Balaban J connectivity index is 1.71. The highest BCUT2D eigenvalue weighted by atomic mass is 14.7. The molecule has 0 saturated carbocycles. The molecule has 2 heteroatoms. The van der Waals surface area contributed by atoms with Crippen molar-refractivity contribution in [2.45, 2.75) is 5.41 Å². The predicted octanol–water partition coefficient (Wildman–Crippen LogP) is 7.08. The van der Waals surface area contributed by atoms with Crippen molar-refractivity contribution < 1.29 is 0 Å². The quantitative estimate of drug-likeness (QED) is 0.325. The third-order valence-electron chi connectivity index (χ3n) is 6.99. The highest BCUT2D eigenvalue weighted by Crippen LogP contribution is 2.57. The lowest BCUT2D eigenvalue weighted by Crippen LogP contribution is -2.28. The first-order valence-corrected chi connectivity index (χ1v) is 11.0. The fourth-order valence-corrected chi connectivity index (χ4v) is 5.75. The first-order valence-electron chi connectivity index (χ1n) is 11.0. The Morgan fingerprint density at radius 1 is 0.594 bits per heavy atom. The molecule has 2 aromatic heterocycles. The van der Waals surface area contributed by atoms with Crippen LogP contribution in [0.5, 0.6) is 0 Å². The first-order chi connectivity index (χ1) is 15.9. The number of nitrogens with zero attached hydrogens (tertiary/aromatic N) is 1. The van der Waals surface area contributed by atoms with E-state index in [2.05, 4.69) is 107 Å². The molecule has 150 valence electrons. The molecular weight excluding hydrogens is 388 g/mol. The Morgan fingerprint density at radius 3 is 2.25 bits per heavy atom. The maximum atomic E-state index is 4.53. The van der Waals surface area contributed by atoms with Gasteiger partial charge in [0, 0.05) is 34.2 Å². The summed E-state index contributed by atoms with van der Waals surface area (Å²) in [6.45, 7) is 0. The highest BCUT2D eigenvalue weighted by molar-refractivity contribution is 6.14. The number of para-hydroxylation sites is 1. The van der Waals surface area contributed by atoms with E-state index in [0.29, 0.717) is 0 Å². The van der Waals surface area contributed by atoms with Crippen LogP contribution in [0.1, 0.15) is 22.3 Å². The number of aromatic amines is 1. The Morgan fingerprint density at radius 2 is 1.38 bits per heavy atom.